The van der Waals surface area contributed by atoms with Gasteiger partial charge in [-0.05, 0) is 64.2 Å². The average molecular weight is 738 g/mol. The van der Waals surface area contributed by atoms with Crippen molar-refractivity contribution in [3.8, 4) is 0 Å². The van der Waals surface area contributed by atoms with E-state index < -0.39 is 12.1 Å². The molecule has 4 nitrogen and oxygen atoms in total. The number of hydrogen-bond donors (Lipinski definition) is 3. The van der Waals surface area contributed by atoms with Gasteiger partial charge >= 0.3 is 0 Å². The lowest BCUT2D eigenvalue weighted by Gasteiger charge is -2.20. The number of carbonyl (C=O) groups is 1. The molecule has 0 aromatic rings. The van der Waals surface area contributed by atoms with Crippen LogP contribution in [-0.4, -0.2) is 34.9 Å². The minimum atomic E-state index is -0.848. The normalized spacial score (nSPS) is 13.7. The van der Waals surface area contributed by atoms with E-state index in [0.717, 1.165) is 70.6 Å². The summed E-state index contributed by atoms with van der Waals surface area (Å²) in [6.07, 6.45) is 62.9. The van der Waals surface area contributed by atoms with Crippen LogP contribution in [0.25, 0.3) is 0 Å². The van der Waals surface area contributed by atoms with Crippen LogP contribution >= 0.6 is 0 Å². The van der Waals surface area contributed by atoms with Crippen molar-refractivity contribution in [2.75, 3.05) is 6.61 Å². The van der Waals surface area contributed by atoms with Gasteiger partial charge in [0.1, 0.15) is 0 Å². The molecule has 0 fully saturated rings. The van der Waals surface area contributed by atoms with Crippen molar-refractivity contribution in [1.82, 2.24) is 5.32 Å². The van der Waals surface area contributed by atoms with E-state index >= 15 is 0 Å². The molecule has 0 radical (unpaired) electrons. The molecule has 1 amide bonds. The highest BCUT2D eigenvalue weighted by Gasteiger charge is 2.17. The minimum absolute atomic E-state index is 0.0774. The molecule has 0 spiro atoms. The summed E-state index contributed by atoms with van der Waals surface area (Å²) in [5.41, 5.74) is 0. The van der Waals surface area contributed by atoms with Crippen molar-refractivity contribution in [3.63, 3.8) is 0 Å². The van der Waals surface area contributed by atoms with Crippen LogP contribution < -0.4 is 5.32 Å². The van der Waals surface area contributed by atoms with Gasteiger partial charge in [-0.2, -0.15) is 0 Å². The van der Waals surface area contributed by atoms with Gasteiger partial charge in [0.15, 0.2) is 0 Å². The van der Waals surface area contributed by atoms with Crippen molar-refractivity contribution in [2.24, 2.45) is 0 Å². The van der Waals surface area contributed by atoms with Gasteiger partial charge < -0.3 is 15.5 Å². The maximum Gasteiger partial charge on any atom is 0.220 e. The van der Waals surface area contributed by atoms with Gasteiger partial charge in [-0.15, -0.1) is 0 Å². The predicted molar refractivity (Wildman–Crippen MR) is 234 cm³/mol. The summed E-state index contributed by atoms with van der Waals surface area (Å²) in [7, 11) is 0. The number of nitrogens with one attached hydrogen (secondary N) is 1. The number of rotatable bonds is 40. The molecule has 4 heteroatoms. The first-order valence-corrected chi connectivity index (χ1v) is 22.7. The standard InChI is InChI=1S/C49H87NO3/c1-3-5-7-9-11-13-15-17-19-21-23-24-25-26-27-29-31-33-35-37-39-41-43-45-49(53)50-47(46-51)48(52)44-42-40-38-36-34-32-30-28-22-20-18-16-14-12-10-8-6-4-2/h5,7,11,13,17,19,23-24,26-27,42,44,47-48,51-52H,3-4,6,8-10,12,14-16,18,20-22,25,28-41,43,45-46H2,1-2H3,(H,50,53)/b7-5-,13-11-,19-17-,24-23-,27-26-,44-42+. The molecule has 2 atom stereocenters. The molecule has 0 bridgehead atoms. The van der Waals surface area contributed by atoms with E-state index in [-0.39, 0.29) is 12.5 Å². The number of aliphatic hydroxyl groups is 2. The Labute approximate surface area is 329 Å². The molecule has 0 rings (SSSR count). The zero-order valence-electron chi connectivity index (χ0n) is 35.0. The quantitative estimate of drug-likeness (QED) is 0.0433. The third-order valence-corrected chi connectivity index (χ3v) is 9.95. The largest absolute Gasteiger partial charge is 0.394 e. The van der Waals surface area contributed by atoms with E-state index in [1.165, 1.54) is 122 Å². The summed E-state index contributed by atoms with van der Waals surface area (Å²) in [5, 5.41) is 23.0. The highest BCUT2D eigenvalue weighted by molar-refractivity contribution is 5.76. The first-order valence-electron chi connectivity index (χ1n) is 22.7. The maximum absolute atomic E-state index is 12.4. The second-order valence-corrected chi connectivity index (χ2v) is 15.1. The third-order valence-electron chi connectivity index (χ3n) is 9.95. The maximum atomic E-state index is 12.4. The molecule has 0 aliphatic heterocycles. The van der Waals surface area contributed by atoms with Gasteiger partial charge in [-0.25, -0.2) is 0 Å². The van der Waals surface area contributed by atoms with Crippen LogP contribution in [0.3, 0.4) is 0 Å². The zero-order valence-corrected chi connectivity index (χ0v) is 35.0. The topological polar surface area (TPSA) is 69.6 Å². The number of carbonyl (C=O) groups excluding carboxylic acids is 1. The number of hydrogen-bond acceptors (Lipinski definition) is 3. The SMILES string of the molecule is CC/C=C\C/C=C\C/C=C\C/C=C\C/C=C\CCCCCCCCCC(=O)NC(CO)C(O)/C=C/CCCCCCCCCCCCCCCCCC. The molecule has 0 heterocycles. The number of allylic oxidation sites excluding steroid dienone is 11. The first-order chi connectivity index (χ1) is 26.2. The Balaban J connectivity index is 3.63. The highest BCUT2D eigenvalue weighted by atomic mass is 16.3. The summed E-state index contributed by atoms with van der Waals surface area (Å²) in [4.78, 5) is 12.4. The molecule has 0 aromatic heterocycles. The Hall–Kier alpha value is -2.17. The molecular formula is C49H87NO3. The van der Waals surface area contributed by atoms with Crippen molar-refractivity contribution in [2.45, 2.75) is 225 Å². The van der Waals surface area contributed by atoms with Gasteiger partial charge in [0, 0.05) is 6.42 Å². The second kappa shape index (κ2) is 44.2. The summed E-state index contributed by atoms with van der Waals surface area (Å²) >= 11 is 0. The molecule has 0 aliphatic carbocycles. The number of aliphatic hydroxyl groups excluding tert-OH is 2. The Morgan fingerprint density at radius 3 is 1.25 bits per heavy atom. The Morgan fingerprint density at radius 1 is 0.472 bits per heavy atom. The van der Waals surface area contributed by atoms with Crippen LogP contribution in [0.15, 0.2) is 72.9 Å². The summed E-state index contributed by atoms with van der Waals surface area (Å²) < 4.78 is 0. The van der Waals surface area contributed by atoms with Crippen molar-refractivity contribution in [3.05, 3.63) is 72.9 Å². The van der Waals surface area contributed by atoms with Crippen LogP contribution in [-0.2, 0) is 4.79 Å². The van der Waals surface area contributed by atoms with Crippen molar-refractivity contribution >= 4 is 5.91 Å². The highest BCUT2D eigenvalue weighted by Crippen LogP contribution is 2.15. The first kappa shape index (κ1) is 50.8. The number of unbranched alkanes of at least 4 members (excludes halogenated alkanes) is 23. The van der Waals surface area contributed by atoms with Crippen molar-refractivity contribution < 1.29 is 15.0 Å². The van der Waals surface area contributed by atoms with Crippen LogP contribution in [0.2, 0.25) is 0 Å². The predicted octanol–water partition coefficient (Wildman–Crippen LogP) is 14.3. The Kier molecular flexibility index (Phi) is 42.4. The third kappa shape index (κ3) is 40.8. The van der Waals surface area contributed by atoms with E-state index in [2.05, 4.69) is 79.9 Å². The fourth-order valence-corrected chi connectivity index (χ4v) is 6.50. The van der Waals surface area contributed by atoms with Crippen LogP contribution in [0.1, 0.15) is 213 Å². The Bertz CT molecular complexity index is 930. The lowest BCUT2D eigenvalue weighted by molar-refractivity contribution is -0.123. The smallest absolute Gasteiger partial charge is 0.220 e. The molecular weight excluding hydrogens is 651 g/mol. The van der Waals surface area contributed by atoms with Gasteiger partial charge in [-0.1, -0.05) is 215 Å². The minimum Gasteiger partial charge on any atom is -0.394 e. The molecule has 0 aromatic carbocycles. The summed E-state index contributed by atoms with van der Waals surface area (Å²) in [5.74, 6) is -0.0774. The van der Waals surface area contributed by atoms with Gasteiger partial charge in [0.05, 0.1) is 18.8 Å². The fraction of sp³-hybridized carbons (Fsp3) is 0.735. The number of amides is 1. The summed E-state index contributed by atoms with van der Waals surface area (Å²) in [6, 6.07) is -0.632. The molecule has 2 unspecified atom stereocenters. The fourth-order valence-electron chi connectivity index (χ4n) is 6.50. The molecule has 0 aliphatic rings. The zero-order chi connectivity index (χ0) is 38.6. The van der Waals surface area contributed by atoms with Gasteiger partial charge in [0.2, 0.25) is 5.91 Å². The van der Waals surface area contributed by atoms with Crippen LogP contribution in [0, 0.1) is 0 Å². The van der Waals surface area contributed by atoms with E-state index in [1.807, 2.05) is 6.08 Å². The van der Waals surface area contributed by atoms with Crippen LogP contribution in [0.5, 0.6) is 0 Å². The Morgan fingerprint density at radius 2 is 0.830 bits per heavy atom. The lowest BCUT2D eigenvalue weighted by atomic mass is 10.0. The molecule has 306 valence electrons. The van der Waals surface area contributed by atoms with E-state index in [1.54, 1.807) is 6.08 Å². The van der Waals surface area contributed by atoms with Crippen molar-refractivity contribution in [1.29, 1.82) is 0 Å². The molecule has 0 saturated heterocycles. The second-order valence-electron chi connectivity index (χ2n) is 15.1. The van der Waals surface area contributed by atoms with Gasteiger partial charge in [-0.3, -0.25) is 4.79 Å². The van der Waals surface area contributed by atoms with Crippen LogP contribution in [0.4, 0.5) is 0 Å². The van der Waals surface area contributed by atoms with Gasteiger partial charge in [0.25, 0.3) is 0 Å². The summed E-state index contributed by atoms with van der Waals surface area (Å²) in [6.45, 7) is 4.19. The van der Waals surface area contributed by atoms with E-state index in [4.69, 9.17) is 0 Å². The molecule has 3 N–H and O–H groups in total. The molecule has 0 saturated carbocycles. The molecule has 53 heavy (non-hydrogen) atoms. The average Bonchev–Trinajstić information content (AvgIpc) is 3.16. The monoisotopic (exact) mass is 738 g/mol. The van der Waals surface area contributed by atoms with E-state index in [0.29, 0.717) is 6.42 Å². The lowest BCUT2D eigenvalue weighted by Crippen LogP contribution is -2.45. The van der Waals surface area contributed by atoms with E-state index in [9.17, 15) is 15.0 Å².